The third-order valence-corrected chi connectivity index (χ3v) is 3.65. The van der Waals surface area contributed by atoms with E-state index in [1.165, 1.54) is 0 Å². The molecule has 2 amide bonds. The summed E-state index contributed by atoms with van der Waals surface area (Å²) in [4.78, 5) is 19.8. The molecule has 0 unspecified atom stereocenters. The minimum atomic E-state index is 0.0267. The van der Waals surface area contributed by atoms with Crippen LogP contribution in [0.15, 0.2) is 30.3 Å². The van der Waals surface area contributed by atoms with Gasteiger partial charge >= 0.3 is 6.03 Å². The van der Waals surface area contributed by atoms with E-state index in [9.17, 15) is 4.79 Å². The number of rotatable bonds is 1. The number of hydrogen-bond donors (Lipinski definition) is 0. The molecule has 2 heterocycles. The van der Waals surface area contributed by atoms with Crippen molar-refractivity contribution >= 4 is 6.03 Å². The zero-order valence-electron chi connectivity index (χ0n) is 10.4. The average molecular weight is 246 g/mol. The number of hydroxylamine groups is 2. The highest BCUT2D eigenvalue weighted by atomic mass is 16.7. The van der Waals surface area contributed by atoms with E-state index in [0.717, 1.165) is 37.9 Å². The third-order valence-electron chi connectivity index (χ3n) is 3.65. The normalized spacial score (nSPS) is 23.7. The molecule has 0 aromatic heterocycles. The Labute approximate surface area is 107 Å². The molecule has 2 aliphatic heterocycles. The Morgan fingerprint density at radius 2 is 1.89 bits per heavy atom. The molecule has 0 saturated carbocycles. The molecule has 96 valence electrons. The first kappa shape index (κ1) is 11.5. The fourth-order valence-corrected chi connectivity index (χ4v) is 2.68. The minimum absolute atomic E-state index is 0.0267. The van der Waals surface area contributed by atoms with Crippen molar-refractivity contribution in [2.75, 3.05) is 19.7 Å². The first-order valence-corrected chi connectivity index (χ1v) is 6.62. The number of carbonyl (C=O) groups is 1. The highest BCUT2D eigenvalue weighted by molar-refractivity contribution is 5.74. The number of likely N-dealkylation sites (tertiary alicyclic amines) is 1. The third kappa shape index (κ3) is 2.08. The second-order valence-corrected chi connectivity index (χ2v) is 4.85. The van der Waals surface area contributed by atoms with E-state index >= 15 is 0 Å². The van der Waals surface area contributed by atoms with Crippen molar-refractivity contribution in [3.63, 3.8) is 0 Å². The quantitative estimate of drug-likeness (QED) is 0.763. The summed E-state index contributed by atoms with van der Waals surface area (Å²) in [5.74, 6) is 0. The molecule has 0 bridgehead atoms. The molecule has 4 nitrogen and oxygen atoms in total. The fourth-order valence-electron chi connectivity index (χ4n) is 2.68. The van der Waals surface area contributed by atoms with Gasteiger partial charge in [0.2, 0.25) is 0 Å². The Morgan fingerprint density at radius 1 is 1.17 bits per heavy atom. The molecule has 2 saturated heterocycles. The molecular formula is C14H18N2O2. The molecule has 0 aliphatic carbocycles. The molecule has 1 aromatic carbocycles. The SMILES string of the molecule is O=C(N1CCCC1)N1OCC[C@H]1c1ccccc1. The van der Waals surface area contributed by atoms with E-state index in [-0.39, 0.29) is 12.1 Å². The van der Waals surface area contributed by atoms with Crippen LogP contribution in [0.5, 0.6) is 0 Å². The summed E-state index contributed by atoms with van der Waals surface area (Å²) in [5, 5.41) is 1.57. The van der Waals surface area contributed by atoms with Crippen LogP contribution in [0.25, 0.3) is 0 Å². The highest BCUT2D eigenvalue weighted by Gasteiger charge is 2.35. The van der Waals surface area contributed by atoms with Crippen molar-refractivity contribution in [3.8, 4) is 0 Å². The summed E-state index contributed by atoms with van der Waals surface area (Å²) in [6.45, 7) is 2.35. The smallest absolute Gasteiger partial charge is 0.323 e. The van der Waals surface area contributed by atoms with Gasteiger partial charge in [0.25, 0.3) is 0 Å². The van der Waals surface area contributed by atoms with Gasteiger partial charge in [-0.15, -0.1) is 0 Å². The molecule has 2 fully saturated rings. The molecule has 4 heteroatoms. The van der Waals surface area contributed by atoms with Gasteiger partial charge in [0.15, 0.2) is 0 Å². The van der Waals surface area contributed by atoms with Crippen LogP contribution in [-0.2, 0) is 4.84 Å². The Bertz CT molecular complexity index is 415. The van der Waals surface area contributed by atoms with E-state index in [4.69, 9.17) is 4.84 Å². The number of benzene rings is 1. The maximum Gasteiger partial charge on any atom is 0.344 e. The Morgan fingerprint density at radius 3 is 2.61 bits per heavy atom. The Hall–Kier alpha value is -1.55. The molecule has 3 rings (SSSR count). The molecule has 18 heavy (non-hydrogen) atoms. The summed E-state index contributed by atoms with van der Waals surface area (Å²) in [7, 11) is 0. The predicted octanol–water partition coefficient (Wildman–Crippen LogP) is 2.58. The van der Waals surface area contributed by atoms with Crippen LogP contribution in [0, 0.1) is 0 Å². The summed E-state index contributed by atoms with van der Waals surface area (Å²) in [5.41, 5.74) is 1.16. The summed E-state index contributed by atoms with van der Waals surface area (Å²) < 4.78 is 0. The predicted molar refractivity (Wildman–Crippen MR) is 67.8 cm³/mol. The van der Waals surface area contributed by atoms with Gasteiger partial charge in [-0.1, -0.05) is 30.3 Å². The maximum atomic E-state index is 12.4. The number of hydrogen-bond acceptors (Lipinski definition) is 2. The van der Waals surface area contributed by atoms with Crippen molar-refractivity contribution in [1.82, 2.24) is 9.96 Å². The molecule has 2 aliphatic rings. The molecule has 1 atom stereocenters. The molecular weight excluding hydrogens is 228 g/mol. The fraction of sp³-hybridized carbons (Fsp3) is 0.500. The van der Waals surface area contributed by atoms with Crippen LogP contribution in [0.4, 0.5) is 4.79 Å². The van der Waals surface area contributed by atoms with Crippen molar-refractivity contribution < 1.29 is 9.63 Å². The van der Waals surface area contributed by atoms with E-state index < -0.39 is 0 Å². The van der Waals surface area contributed by atoms with Crippen molar-refractivity contribution in [2.45, 2.75) is 25.3 Å². The number of urea groups is 1. The number of nitrogens with zero attached hydrogens (tertiary/aromatic N) is 2. The standard InChI is InChI=1S/C14H18N2O2/c17-14(15-9-4-5-10-15)16-13(8-11-18-16)12-6-2-1-3-7-12/h1-3,6-7,13H,4-5,8-11H2/t13-/m0/s1. The van der Waals surface area contributed by atoms with E-state index in [1.54, 1.807) is 5.06 Å². The first-order chi connectivity index (χ1) is 8.86. The molecule has 0 radical (unpaired) electrons. The van der Waals surface area contributed by atoms with E-state index in [0.29, 0.717) is 6.61 Å². The van der Waals surface area contributed by atoms with Crippen LogP contribution < -0.4 is 0 Å². The van der Waals surface area contributed by atoms with Crippen LogP contribution in [0.3, 0.4) is 0 Å². The van der Waals surface area contributed by atoms with Crippen LogP contribution in [0.1, 0.15) is 30.9 Å². The van der Waals surface area contributed by atoms with Crippen LogP contribution in [-0.4, -0.2) is 35.7 Å². The Kier molecular flexibility index (Phi) is 3.19. The zero-order valence-corrected chi connectivity index (χ0v) is 10.4. The van der Waals surface area contributed by atoms with Gasteiger partial charge in [0.05, 0.1) is 12.6 Å². The van der Waals surface area contributed by atoms with E-state index in [1.807, 2.05) is 23.1 Å². The van der Waals surface area contributed by atoms with Gasteiger partial charge in [0, 0.05) is 19.5 Å². The van der Waals surface area contributed by atoms with Gasteiger partial charge in [0.1, 0.15) is 0 Å². The van der Waals surface area contributed by atoms with E-state index in [2.05, 4.69) is 12.1 Å². The number of carbonyl (C=O) groups excluding carboxylic acids is 1. The molecule has 1 aromatic rings. The average Bonchev–Trinajstić information content (AvgIpc) is 3.10. The summed E-state index contributed by atoms with van der Waals surface area (Å²) >= 11 is 0. The van der Waals surface area contributed by atoms with Crippen molar-refractivity contribution in [3.05, 3.63) is 35.9 Å². The van der Waals surface area contributed by atoms with Gasteiger partial charge in [-0.25, -0.2) is 4.79 Å². The Balaban J connectivity index is 1.77. The second-order valence-electron chi connectivity index (χ2n) is 4.85. The topological polar surface area (TPSA) is 32.8 Å². The minimum Gasteiger partial charge on any atom is -0.323 e. The zero-order chi connectivity index (χ0) is 12.4. The van der Waals surface area contributed by atoms with Gasteiger partial charge in [-0.2, -0.15) is 5.06 Å². The molecule has 0 N–H and O–H groups in total. The largest absolute Gasteiger partial charge is 0.344 e. The van der Waals surface area contributed by atoms with Crippen molar-refractivity contribution in [1.29, 1.82) is 0 Å². The van der Waals surface area contributed by atoms with Crippen LogP contribution >= 0.6 is 0 Å². The molecule has 0 spiro atoms. The highest BCUT2D eigenvalue weighted by Crippen LogP contribution is 2.31. The van der Waals surface area contributed by atoms with Gasteiger partial charge < -0.3 is 4.90 Å². The second kappa shape index (κ2) is 4.98. The lowest BCUT2D eigenvalue weighted by Gasteiger charge is -2.27. The monoisotopic (exact) mass is 246 g/mol. The summed E-state index contributed by atoms with van der Waals surface area (Å²) in [6.07, 6.45) is 3.09. The van der Waals surface area contributed by atoms with Crippen molar-refractivity contribution in [2.24, 2.45) is 0 Å². The maximum absolute atomic E-state index is 12.4. The van der Waals surface area contributed by atoms with Gasteiger partial charge in [-0.3, -0.25) is 4.84 Å². The first-order valence-electron chi connectivity index (χ1n) is 6.62. The lowest BCUT2D eigenvalue weighted by atomic mass is 10.1. The summed E-state index contributed by atoms with van der Waals surface area (Å²) in [6, 6.07) is 10.2. The van der Waals surface area contributed by atoms with Crippen LogP contribution in [0.2, 0.25) is 0 Å². The number of amides is 2. The lowest BCUT2D eigenvalue weighted by molar-refractivity contribution is -0.0966. The lowest BCUT2D eigenvalue weighted by Crippen LogP contribution is -2.40. The van der Waals surface area contributed by atoms with Gasteiger partial charge in [-0.05, 0) is 18.4 Å².